The van der Waals surface area contributed by atoms with Crippen LogP contribution in [0.3, 0.4) is 0 Å². The molecule has 1 aromatic rings. The van der Waals surface area contributed by atoms with Gasteiger partial charge in [0.05, 0.1) is 5.69 Å². The van der Waals surface area contributed by atoms with Crippen molar-refractivity contribution in [1.82, 2.24) is 0 Å². The second-order valence-electron chi connectivity index (χ2n) is 5.67. The minimum absolute atomic E-state index is 0.210. The smallest absolute Gasteiger partial charge is 0.267 e. The molecule has 2 aliphatic rings. The molecule has 0 radical (unpaired) electrons. The maximum atomic E-state index is 12.6. The molecule has 1 atom stereocenters. The van der Waals surface area contributed by atoms with Gasteiger partial charge in [-0.25, -0.2) is 0 Å². The number of hydrogen-bond acceptors (Lipinski definition) is 3. The van der Waals surface area contributed by atoms with Crippen LogP contribution in [0.4, 0.5) is 5.69 Å². The molecule has 0 fully saturated rings. The molecule has 0 saturated carbocycles. The van der Waals surface area contributed by atoms with E-state index in [1.54, 1.807) is 11.0 Å². The zero-order valence-corrected chi connectivity index (χ0v) is 11.7. The summed E-state index contributed by atoms with van der Waals surface area (Å²) in [7, 11) is 0. The summed E-state index contributed by atoms with van der Waals surface area (Å²) in [6.07, 6.45) is 3.47. The van der Waals surface area contributed by atoms with Crippen molar-refractivity contribution in [3.8, 4) is 0 Å². The molecule has 0 spiro atoms. The number of benzene rings is 1. The number of aryl methyl sites for hydroxylation is 1. The minimum atomic E-state index is -1.86. The van der Waals surface area contributed by atoms with Crippen LogP contribution in [0.1, 0.15) is 48.5 Å². The summed E-state index contributed by atoms with van der Waals surface area (Å²) in [5, 5.41) is 10.7. The van der Waals surface area contributed by atoms with Gasteiger partial charge in [-0.2, -0.15) is 0 Å². The van der Waals surface area contributed by atoms with Crippen molar-refractivity contribution in [1.29, 1.82) is 0 Å². The maximum absolute atomic E-state index is 12.6. The Kier molecular flexibility index (Phi) is 3.13. The first-order valence-corrected chi connectivity index (χ1v) is 7.30. The van der Waals surface area contributed by atoms with E-state index < -0.39 is 17.3 Å². The summed E-state index contributed by atoms with van der Waals surface area (Å²) in [4.78, 5) is 26.8. The second-order valence-corrected chi connectivity index (χ2v) is 5.67. The van der Waals surface area contributed by atoms with E-state index in [0.717, 1.165) is 30.5 Å². The lowest BCUT2D eigenvalue weighted by Crippen LogP contribution is -2.59. The number of para-hydroxylation sites is 1. The van der Waals surface area contributed by atoms with Crippen molar-refractivity contribution in [3.05, 3.63) is 29.3 Å². The van der Waals surface area contributed by atoms with Crippen LogP contribution >= 0.6 is 0 Å². The van der Waals surface area contributed by atoms with Gasteiger partial charge in [-0.15, -0.1) is 0 Å². The lowest BCUT2D eigenvalue weighted by Gasteiger charge is -2.41. The third-order valence-electron chi connectivity index (χ3n) is 4.33. The van der Waals surface area contributed by atoms with Gasteiger partial charge < -0.3 is 10.0 Å². The third-order valence-corrected chi connectivity index (χ3v) is 4.33. The van der Waals surface area contributed by atoms with Gasteiger partial charge in [0.25, 0.3) is 5.91 Å². The van der Waals surface area contributed by atoms with Crippen LogP contribution in [0.25, 0.3) is 0 Å². The lowest BCUT2D eigenvalue weighted by atomic mass is 9.80. The normalized spacial score (nSPS) is 24.8. The van der Waals surface area contributed by atoms with Gasteiger partial charge in [0.2, 0.25) is 11.4 Å². The first-order chi connectivity index (χ1) is 9.59. The molecular weight excluding hydrogens is 254 g/mol. The summed E-state index contributed by atoms with van der Waals surface area (Å²) < 4.78 is 0. The fourth-order valence-electron chi connectivity index (χ4n) is 3.23. The second kappa shape index (κ2) is 4.70. The molecule has 2 aliphatic heterocycles. The van der Waals surface area contributed by atoms with Crippen molar-refractivity contribution in [3.63, 3.8) is 0 Å². The van der Waals surface area contributed by atoms with Gasteiger partial charge in [-0.1, -0.05) is 25.5 Å². The van der Waals surface area contributed by atoms with E-state index in [9.17, 15) is 14.7 Å². The molecule has 3 rings (SSSR count). The van der Waals surface area contributed by atoms with Crippen molar-refractivity contribution in [2.75, 3.05) is 11.4 Å². The molecule has 0 saturated heterocycles. The van der Waals surface area contributed by atoms with E-state index in [4.69, 9.17) is 0 Å². The van der Waals surface area contributed by atoms with Crippen molar-refractivity contribution >= 4 is 17.4 Å². The zero-order valence-electron chi connectivity index (χ0n) is 11.7. The Morgan fingerprint density at radius 1 is 1.35 bits per heavy atom. The standard InChI is InChI=1S/C16H19NO3/c1-2-3-9-16(20)14(18)12-8-4-6-11-7-5-10-17(13(11)12)15(16)19/h4,6,8,20H,2-3,5,7,9-10H2,1H3. The Morgan fingerprint density at radius 3 is 2.90 bits per heavy atom. The van der Waals surface area contributed by atoms with Gasteiger partial charge >= 0.3 is 0 Å². The number of ketones is 1. The lowest BCUT2D eigenvalue weighted by molar-refractivity contribution is -0.133. The highest BCUT2D eigenvalue weighted by molar-refractivity contribution is 6.27. The number of Topliss-reactive ketones (excluding diaryl/α,β-unsaturated/α-hetero) is 1. The van der Waals surface area contributed by atoms with Gasteiger partial charge in [0.1, 0.15) is 0 Å². The van der Waals surface area contributed by atoms with Crippen LogP contribution < -0.4 is 4.90 Å². The molecule has 1 aromatic carbocycles. The molecule has 4 nitrogen and oxygen atoms in total. The molecule has 0 aromatic heterocycles. The van der Waals surface area contributed by atoms with E-state index in [1.807, 2.05) is 19.1 Å². The molecule has 0 aliphatic carbocycles. The van der Waals surface area contributed by atoms with Gasteiger partial charge in [-0.3, -0.25) is 9.59 Å². The SMILES string of the molecule is CCCCC1(O)C(=O)c2cccc3c2N(CCC3)C1=O. The summed E-state index contributed by atoms with van der Waals surface area (Å²) in [6, 6.07) is 5.52. The number of carbonyl (C=O) groups is 2. The van der Waals surface area contributed by atoms with E-state index in [1.165, 1.54) is 0 Å². The topological polar surface area (TPSA) is 57.6 Å². The van der Waals surface area contributed by atoms with Crippen LogP contribution in [-0.2, 0) is 11.2 Å². The van der Waals surface area contributed by atoms with Gasteiger partial charge in [0.15, 0.2) is 0 Å². The average molecular weight is 273 g/mol. The number of hydrogen-bond donors (Lipinski definition) is 1. The van der Waals surface area contributed by atoms with Crippen LogP contribution in [-0.4, -0.2) is 28.9 Å². The Morgan fingerprint density at radius 2 is 2.15 bits per heavy atom. The Balaban J connectivity index is 2.13. The molecule has 2 heterocycles. The quantitative estimate of drug-likeness (QED) is 0.858. The van der Waals surface area contributed by atoms with E-state index in [2.05, 4.69) is 0 Å². The zero-order chi connectivity index (χ0) is 14.3. The first-order valence-electron chi connectivity index (χ1n) is 7.30. The minimum Gasteiger partial charge on any atom is -0.373 e. The third kappa shape index (κ3) is 1.71. The van der Waals surface area contributed by atoms with Gasteiger partial charge in [-0.05, 0) is 37.3 Å². The molecular formula is C16H19NO3. The van der Waals surface area contributed by atoms with E-state index in [-0.39, 0.29) is 6.42 Å². The van der Waals surface area contributed by atoms with Crippen LogP contribution in [0, 0.1) is 0 Å². The number of anilines is 1. The first kappa shape index (κ1) is 13.3. The average Bonchev–Trinajstić information content (AvgIpc) is 2.48. The largest absolute Gasteiger partial charge is 0.373 e. The maximum Gasteiger partial charge on any atom is 0.267 e. The fourth-order valence-corrected chi connectivity index (χ4v) is 3.23. The van der Waals surface area contributed by atoms with Crippen molar-refractivity contribution < 1.29 is 14.7 Å². The fraction of sp³-hybridized carbons (Fsp3) is 0.500. The van der Waals surface area contributed by atoms with Crippen LogP contribution in [0.15, 0.2) is 18.2 Å². The molecule has 4 heteroatoms. The molecule has 1 N–H and O–H groups in total. The summed E-state index contributed by atoms with van der Waals surface area (Å²) in [5.41, 5.74) is 0.405. The van der Waals surface area contributed by atoms with Crippen LogP contribution in [0.2, 0.25) is 0 Å². The number of unbranched alkanes of at least 4 members (excludes halogenated alkanes) is 1. The Bertz CT molecular complexity index is 581. The van der Waals surface area contributed by atoms with Crippen molar-refractivity contribution in [2.45, 2.75) is 44.6 Å². The molecule has 1 amide bonds. The van der Waals surface area contributed by atoms with Crippen LogP contribution in [0.5, 0.6) is 0 Å². The van der Waals surface area contributed by atoms with E-state index >= 15 is 0 Å². The predicted molar refractivity (Wildman–Crippen MR) is 75.9 cm³/mol. The van der Waals surface area contributed by atoms with Crippen molar-refractivity contribution in [2.24, 2.45) is 0 Å². The summed E-state index contributed by atoms with van der Waals surface area (Å²) >= 11 is 0. The molecule has 1 unspecified atom stereocenters. The number of nitrogens with zero attached hydrogens (tertiary/aromatic N) is 1. The summed E-state index contributed by atoms with van der Waals surface area (Å²) in [5.74, 6) is -0.860. The summed E-state index contributed by atoms with van der Waals surface area (Å²) in [6.45, 7) is 2.57. The molecule has 0 bridgehead atoms. The highest BCUT2D eigenvalue weighted by Gasteiger charge is 2.52. The number of aliphatic hydroxyl groups is 1. The monoisotopic (exact) mass is 273 g/mol. The molecule has 20 heavy (non-hydrogen) atoms. The highest BCUT2D eigenvalue weighted by atomic mass is 16.3. The van der Waals surface area contributed by atoms with E-state index in [0.29, 0.717) is 18.5 Å². The number of carbonyl (C=O) groups excluding carboxylic acids is 2. The van der Waals surface area contributed by atoms with Gasteiger partial charge in [0, 0.05) is 12.1 Å². The number of rotatable bonds is 3. The highest BCUT2D eigenvalue weighted by Crippen LogP contribution is 2.40. The number of amides is 1. The molecule has 106 valence electrons. The predicted octanol–water partition coefficient (Wildman–Crippen LogP) is 2.08. The Hall–Kier alpha value is -1.68. The Labute approximate surface area is 118 Å².